The van der Waals surface area contributed by atoms with Crippen molar-refractivity contribution in [2.24, 2.45) is 13.0 Å². The Labute approximate surface area is 192 Å². The number of ether oxygens (including phenoxy) is 1. The maximum Gasteiger partial charge on any atom is 0.329 e. The van der Waals surface area contributed by atoms with Crippen molar-refractivity contribution < 1.29 is 19.1 Å². The summed E-state index contributed by atoms with van der Waals surface area (Å²) in [7, 11) is 3.16. The molecule has 2 aromatic rings. The number of hydrogen-bond acceptors (Lipinski definition) is 6. The molecule has 0 N–H and O–H groups in total. The molecule has 2 fully saturated rings. The van der Waals surface area contributed by atoms with Gasteiger partial charge in [-0.05, 0) is 58.2 Å². The number of carbonyl (C=O) groups excluding carboxylic acids is 3. The third kappa shape index (κ3) is 4.28. The average Bonchev–Trinajstić information content (AvgIpc) is 3.01. The van der Waals surface area contributed by atoms with E-state index in [4.69, 9.17) is 4.74 Å². The molecular weight excluding hydrogens is 424 g/mol. The highest BCUT2D eigenvalue weighted by molar-refractivity contribution is 6.00. The molecule has 9 heteroatoms. The topological polar surface area (TPSA) is 93.9 Å². The van der Waals surface area contributed by atoms with Gasteiger partial charge in [0.05, 0.1) is 17.0 Å². The summed E-state index contributed by atoms with van der Waals surface area (Å²) in [6.45, 7) is 7.07. The van der Waals surface area contributed by atoms with Crippen LogP contribution >= 0.6 is 0 Å². The van der Waals surface area contributed by atoms with Crippen molar-refractivity contribution in [2.75, 3.05) is 25.0 Å². The second-order valence-electron chi connectivity index (χ2n) is 10.0. The van der Waals surface area contributed by atoms with Gasteiger partial charge in [-0.1, -0.05) is 0 Å². The third-order valence-corrected chi connectivity index (χ3v) is 6.61. The molecule has 2 aliphatic heterocycles. The summed E-state index contributed by atoms with van der Waals surface area (Å²) in [4.78, 5) is 53.4. The van der Waals surface area contributed by atoms with Gasteiger partial charge in [-0.15, -0.1) is 0 Å². The highest BCUT2D eigenvalue weighted by Crippen LogP contribution is 2.30. The molecular formula is C24H32N4O5. The number of anilines is 1. The number of fused-ring (bicyclic) bond motifs is 1. The average molecular weight is 457 g/mol. The van der Waals surface area contributed by atoms with Gasteiger partial charge in [0.25, 0.3) is 5.91 Å². The van der Waals surface area contributed by atoms with Gasteiger partial charge in [-0.3, -0.25) is 28.4 Å². The molecule has 0 spiro atoms. The van der Waals surface area contributed by atoms with Crippen molar-refractivity contribution in [3.8, 4) is 0 Å². The van der Waals surface area contributed by atoms with Crippen molar-refractivity contribution in [3.05, 3.63) is 28.7 Å². The molecule has 0 radical (unpaired) electrons. The second-order valence-corrected chi connectivity index (χ2v) is 10.0. The lowest BCUT2D eigenvalue weighted by Gasteiger charge is -2.34. The zero-order valence-corrected chi connectivity index (χ0v) is 20.0. The molecule has 0 saturated carbocycles. The molecule has 9 nitrogen and oxygen atoms in total. The van der Waals surface area contributed by atoms with Gasteiger partial charge in [0.15, 0.2) is 0 Å². The fourth-order valence-corrected chi connectivity index (χ4v) is 4.75. The Kier molecular flexibility index (Phi) is 5.84. The first-order chi connectivity index (χ1) is 15.5. The minimum atomic E-state index is -0.681. The monoisotopic (exact) mass is 456 g/mol. The molecule has 3 heterocycles. The highest BCUT2D eigenvalue weighted by atomic mass is 16.6. The number of aryl methyl sites for hydroxylation is 1. The van der Waals surface area contributed by atoms with Crippen LogP contribution in [0.15, 0.2) is 23.0 Å². The lowest BCUT2D eigenvalue weighted by atomic mass is 9.96. The Bertz CT molecular complexity index is 1160. The van der Waals surface area contributed by atoms with Crippen LogP contribution in [0.5, 0.6) is 0 Å². The number of imide groups is 1. The number of aromatic nitrogens is 2. The van der Waals surface area contributed by atoms with Gasteiger partial charge in [0.1, 0.15) is 11.6 Å². The molecule has 2 saturated heterocycles. The van der Waals surface area contributed by atoms with Crippen molar-refractivity contribution in [1.29, 1.82) is 0 Å². The minimum absolute atomic E-state index is 0.105. The summed E-state index contributed by atoms with van der Waals surface area (Å²) >= 11 is 0. The van der Waals surface area contributed by atoms with Crippen molar-refractivity contribution >= 4 is 34.5 Å². The summed E-state index contributed by atoms with van der Waals surface area (Å²) in [6, 6.07) is 5.10. The number of likely N-dealkylation sites (tertiary alicyclic amines) is 1. The van der Waals surface area contributed by atoms with Crippen molar-refractivity contribution in [1.82, 2.24) is 14.0 Å². The Hall–Kier alpha value is -3.10. The van der Waals surface area contributed by atoms with Crippen LogP contribution in [0.4, 0.5) is 5.69 Å². The molecule has 1 aromatic heterocycles. The van der Waals surface area contributed by atoms with Crippen LogP contribution < -0.4 is 10.6 Å². The molecule has 2 amide bonds. The number of hydrogen-bond donors (Lipinski definition) is 0. The molecule has 4 rings (SSSR count). The number of carbonyl (C=O) groups is 3. The van der Waals surface area contributed by atoms with E-state index in [-0.39, 0.29) is 35.8 Å². The van der Waals surface area contributed by atoms with E-state index in [9.17, 15) is 19.2 Å². The molecule has 178 valence electrons. The number of piperidine rings is 2. The molecule has 0 aliphatic carbocycles. The van der Waals surface area contributed by atoms with Gasteiger partial charge in [-0.2, -0.15) is 0 Å². The Balaban J connectivity index is 1.56. The van der Waals surface area contributed by atoms with E-state index < -0.39 is 11.6 Å². The maximum absolute atomic E-state index is 13.0. The van der Waals surface area contributed by atoms with Crippen LogP contribution in [-0.4, -0.2) is 57.6 Å². The summed E-state index contributed by atoms with van der Waals surface area (Å²) in [5.74, 6) is -0.819. The van der Waals surface area contributed by atoms with Gasteiger partial charge in [-0.25, -0.2) is 4.79 Å². The van der Waals surface area contributed by atoms with E-state index >= 15 is 0 Å². The third-order valence-electron chi connectivity index (χ3n) is 6.61. The summed E-state index contributed by atoms with van der Waals surface area (Å²) in [5, 5.41) is 0. The van der Waals surface area contributed by atoms with E-state index in [1.54, 1.807) is 11.6 Å². The number of esters is 1. The maximum atomic E-state index is 13.0. The SMILES string of the molecule is CN1C(=O)CCC(n2c(=O)n(C)c3cc(N4CCC(C(=O)OC(C)(C)C)CC4)ccc32)C1=O. The molecule has 33 heavy (non-hydrogen) atoms. The molecule has 1 atom stereocenters. The van der Waals surface area contributed by atoms with Gasteiger partial charge in [0, 0.05) is 39.3 Å². The lowest BCUT2D eigenvalue weighted by Crippen LogP contribution is -2.45. The molecule has 2 aliphatic rings. The fraction of sp³-hybridized carbons (Fsp3) is 0.583. The predicted octanol–water partition coefficient (Wildman–Crippen LogP) is 2.22. The molecule has 0 bridgehead atoms. The van der Waals surface area contributed by atoms with E-state index in [2.05, 4.69) is 4.90 Å². The number of amides is 2. The quantitative estimate of drug-likeness (QED) is 0.519. The van der Waals surface area contributed by atoms with Gasteiger partial charge in [0.2, 0.25) is 5.91 Å². The van der Waals surface area contributed by atoms with Crippen LogP contribution in [0.3, 0.4) is 0 Å². The Morgan fingerprint density at radius 3 is 2.30 bits per heavy atom. The Morgan fingerprint density at radius 1 is 1.00 bits per heavy atom. The standard InChI is InChI=1S/C24H32N4O5/c1-24(2,3)33-22(31)15-10-12-27(13-11-15)16-6-7-17-19(14-16)25(4)23(32)28(17)18-8-9-20(29)26(5)21(18)30/h6-7,14-15,18H,8-13H2,1-5H3. The van der Waals surface area contributed by atoms with Gasteiger partial charge >= 0.3 is 11.7 Å². The fourth-order valence-electron chi connectivity index (χ4n) is 4.75. The number of imidazole rings is 1. The summed E-state index contributed by atoms with van der Waals surface area (Å²) in [6.07, 6.45) is 1.98. The predicted molar refractivity (Wildman–Crippen MR) is 124 cm³/mol. The molecule has 1 unspecified atom stereocenters. The lowest BCUT2D eigenvalue weighted by molar-refractivity contribution is -0.160. The first-order valence-corrected chi connectivity index (χ1v) is 11.5. The van der Waals surface area contributed by atoms with E-state index in [0.717, 1.165) is 29.2 Å². The Morgan fingerprint density at radius 2 is 1.67 bits per heavy atom. The smallest absolute Gasteiger partial charge is 0.329 e. The van der Waals surface area contributed by atoms with E-state index in [1.807, 2.05) is 39.0 Å². The number of rotatable bonds is 3. The second kappa shape index (κ2) is 8.35. The first kappa shape index (κ1) is 23.1. The van der Waals surface area contributed by atoms with E-state index in [0.29, 0.717) is 24.8 Å². The number of nitrogens with zero attached hydrogens (tertiary/aromatic N) is 4. The normalized spacial score (nSPS) is 20.6. The number of benzene rings is 1. The van der Waals surface area contributed by atoms with Crippen LogP contribution in [0.25, 0.3) is 11.0 Å². The number of likely N-dealkylation sites (N-methyl/N-ethyl adjacent to an activating group) is 1. The van der Waals surface area contributed by atoms with Crippen molar-refractivity contribution in [2.45, 2.75) is 58.1 Å². The zero-order valence-electron chi connectivity index (χ0n) is 20.0. The largest absolute Gasteiger partial charge is 0.460 e. The first-order valence-electron chi connectivity index (χ1n) is 11.5. The van der Waals surface area contributed by atoms with Crippen molar-refractivity contribution in [3.63, 3.8) is 0 Å². The van der Waals surface area contributed by atoms with Crippen LogP contribution in [0.2, 0.25) is 0 Å². The van der Waals surface area contributed by atoms with Crippen LogP contribution in [-0.2, 0) is 26.2 Å². The van der Waals surface area contributed by atoms with E-state index in [1.165, 1.54) is 11.6 Å². The minimum Gasteiger partial charge on any atom is -0.460 e. The summed E-state index contributed by atoms with van der Waals surface area (Å²) in [5.41, 5.74) is 1.63. The molecule has 1 aromatic carbocycles. The summed E-state index contributed by atoms with van der Waals surface area (Å²) < 4.78 is 8.60. The van der Waals surface area contributed by atoms with Gasteiger partial charge < -0.3 is 9.64 Å². The zero-order chi connectivity index (χ0) is 24.1. The van der Waals surface area contributed by atoms with Crippen LogP contribution in [0.1, 0.15) is 52.5 Å². The van der Waals surface area contributed by atoms with Crippen LogP contribution in [0, 0.1) is 5.92 Å². The highest BCUT2D eigenvalue weighted by Gasteiger charge is 2.35.